The number of morpholine rings is 1. The maximum absolute atomic E-state index is 16.5. The predicted molar refractivity (Wildman–Crippen MR) is 223 cm³/mol. The van der Waals surface area contributed by atoms with Crippen LogP contribution < -0.4 is 25.2 Å². The third-order valence-electron chi connectivity index (χ3n) is 10.2. The molecule has 6 rings (SSSR count). The van der Waals surface area contributed by atoms with Crippen molar-refractivity contribution in [1.29, 1.82) is 0 Å². The number of nitrogens with one attached hydrogen (secondary N) is 1. The van der Waals surface area contributed by atoms with Crippen LogP contribution in [0.5, 0.6) is 11.5 Å². The first-order valence-corrected chi connectivity index (χ1v) is 21.7. The van der Waals surface area contributed by atoms with Crippen LogP contribution in [0.15, 0.2) is 88.5 Å². The molecular formula is C42H53BrFN5O7Si. The molecular weight excluding hydrogens is 813 g/mol. The molecule has 4 atom stereocenters. The molecule has 0 saturated carbocycles. The smallest absolute Gasteiger partial charge is 0.410 e. The van der Waals surface area contributed by atoms with Crippen LogP contribution in [0.1, 0.15) is 71.0 Å². The van der Waals surface area contributed by atoms with Gasteiger partial charge in [0.1, 0.15) is 39.3 Å². The summed E-state index contributed by atoms with van der Waals surface area (Å²) in [5, 5.41) is 5.28. The van der Waals surface area contributed by atoms with Gasteiger partial charge in [0.25, 0.3) is 8.32 Å². The maximum Gasteiger partial charge on any atom is 0.410 e. The Bertz CT molecular complexity index is 2000. The van der Waals surface area contributed by atoms with E-state index in [9.17, 15) is 4.79 Å². The van der Waals surface area contributed by atoms with E-state index in [0.717, 1.165) is 15.9 Å². The van der Waals surface area contributed by atoms with Crippen LogP contribution in [0.3, 0.4) is 0 Å². The molecule has 0 spiro atoms. The second kappa shape index (κ2) is 17.3. The van der Waals surface area contributed by atoms with Gasteiger partial charge in [0.2, 0.25) is 12.5 Å². The molecule has 1 fully saturated rings. The monoisotopic (exact) mass is 865 g/mol. The lowest BCUT2D eigenvalue weighted by atomic mass is 10.1. The zero-order chi connectivity index (χ0) is 41.1. The number of hydrogen-bond acceptors (Lipinski definition) is 10. The molecule has 0 radical (unpaired) electrons. The zero-order valence-electron chi connectivity index (χ0n) is 34.0. The number of hydrogen-bond donors (Lipinski definition) is 1. The first-order valence-electron chi connectivity index (χ1n) is 19.0. The number of carbonyl (C=O) groups excluding carboxylic acids is 1. The number of halogens is 2. The first kappa shape index (κ1) is 42.3. The number of fused-ring (bicyclic) bond motifs is 1. The Balaban J connectivity index is 1.32. The summed E-state index contributed by atoms with van der Waals surface area (Å²) in [6.45, 7) is 12.7. The second-order valence-electron chi connectivity index (χ2n) is 16.1. The number of carbonyl (C=O) groups is 1. The molecule has 306 valence electrons. The van der Waals surface area contributed by atoms with Crippen LogP contribution in [0.25, 0.3) is 0 Å². The summed E-state index contributed by atoms with van der Waals surface area (Å²) in [6.07, 6.45) is -4.28. The lowest BCUT2D eigenvalue weighted by Gasteiger charge is -2.46. The standard InChI is InChI=1S/C42H53BrFN5O7Si/c1-41(2,3)56-40(50)48-24-33(54-25-28(48)26-55-57(42(4,5)6,30-16-12-10-13-17-30)31-18-14-11-15-19-31)38-46-35(43)34-37(47-39(53-9)36(44)49(34)38)45-23-27-20-21-29(51-7)22-32(27)52-8/h10-22,28,33,36,39H,23-26H2,1-9H3,(H,45,47). The van der Waals surface area contributed by atoms with Crippen LogP contribution in [0.4, 0.5) is 9.18 Å². The van der Waals surface area contributed by atoms with Crippen LogP contribution in [-0.4, -0.2) is 93.7 Å². The van der Waals surface area contributed by atoms with Crippen LogP contribution in [0, 0.1) is 0 Å². The Labute approximate surface area is 343 Å². The van der Waals surface area contributed by atoms with Gasteiger partial charge in [-0.05, 0) is 64.2 Å². The topological polar surface area (TPSA) is 118 Å². The molecule has 2 aliphatic rings. The van der Waals surface area contributed by atoms with Crippen molar-refractivity contribution in [1.82, 2.24) is 19.8 Å². The van der Waals surface area contributed by atoms with Crippen molar-refractivity contribution in [3.63, 3.8) is 0 Å². The highest BCUT2D eigenvalue weighted by Gasteiger charge is 2.51. The number of alkyl halides is 1. The van der Waals surface area contributed by atoms with Crippen molar-refractivity contribution >= 4 is 46.5 Å². The average Bonchev–Trinajstić information content (AvgIpc) is 3.55. The molecule has 4 aromatic rings. The number of aromatic nitrogens is 2. The van der Waals surface area contributed by atoms with Gasteiger partial charge in [-0.15, -0.1) is 0 Å². The summed E-state index contributed by atoms with van der Waals surface area (Å²) in [7, 11) is 1.61. The van der Waals surface area contributed by atoms with E-state index in [1.807, 2.05) is 69.3 Å². The van der Waals surface area contributed by atoms with E-state index in [2.05, 4.69) is 71.3 Å². The highest BCUT2D eigenvalue weighted by Crippen LogP contribution is 2.39. The minimum absolute atomic E-state index is 0.0277. The normalized spacial score (nSPS) is 20.1. The summed E-state index contributed by atoms with van der Waals surface area (Å²) in [6, 6.07) is 25.6. The SMILES string of the molecule is COc1ccc(CNC2=NC(OC)C(F)n3c(C4CN(C(=O)OC(C)(C)C)C(CO[Si](c5ccccc5)(c5ccccc5)C(C)(C)C)CO4)nc(Br)c32)c(OC)c1. The number of aliphatic imine (C=N–C) groups is 1. The van der Waals surface area contributed by atoms with Gasteiger partial charge in [0.05, 0.1) is 40.0 Å². The molecule has 1 amide bonds. The molecule has 15 heteroatoms. The number of benzene rings is 3. The van der Waals surface area contributed by atoms with E-state index >= 15 is 4.39 Å². The van der Waals surface area contributed by atoms with Gasteiger partial charge in [-0.3, -0.25) is 9.47 Å². The van der Waals surface area contributed by atoms with E-state index in [-0.39, 0.29) is 30.6 Å². The highest BCUT2D eigenvalue weighted by atomic mass is 79.9. The third kappa shape index (κ3) is 8.77. The summed E-state index contributed by atoms with van der Waals surface area (Å²) in [4.78, 5) is 25.1. The van der Waals surface area contributed by atoms with E-state index in [4.69, 9.17) is 33.1 Å². The molecule has 3 heterocycles. The number of nitrogens with zero attached hydrogens (tertiary/aromatic N) is 4. The number of amides is 1. The number of ether oxygens (including phenoxy) is 5. The molecule has 0 bridgehead atoms. The van der Waals surface area contributed by atoms with E-state index in [1.54, 1.807) is 25.2 Å². The van der Waals surface area contributed by atoms with Crippen molar-refractivity contribution in [2.45, 2.75) is 83.4 Å². The third-order valence-corrected chi connectivity index (χ3v) is 15.7. The summed E-state index contributed by atoms with van der Waals surface area (Å²) < 4.78 is 54.5. The molecule has 1 N–H and O–H groups in total. The lowest BCUT2D eigenvalue weighted by Crippen LogP contribution is -2.68. The Morgan fingerprint density at radius 3 is 2.18 bits per heavy atom. The van der Waals surface area contributed by atoms with Gasteiger partial charge in [-0.25, -0.2) is 19.2 Å². The Hall–Kier alpha value is -4.28. The molecule has 4 unspecified atom stereocenters. The number of methoxy groups -OCH3 is 3. The van der Waals surface area contributed by atoms with Gasteiger partial charge in [-0.1, -0.05) is 81.4 Å². The van der Waals surface area contributed by atoms with Crippen molar-refractivity contribution in [3.8, 4) is 11.5 Å². The molecule has 2 aliphatic heterocycles. The predicted octanol–water partition coefficient (Wildman–Crippen LogP) is 6.91. The summed E-state index contributed by atoms with van der Waals surface area (Å²) in [5.41, 5.74) is 0.431. The second-order valence-corrected chi connectivity index (χ2v) is 21.1. The van der Waals surface area contributed by atoms with Gasteiger partial charge < -0.3 is 33.4 Å². The largest absolute Gasteiger partial charge is 0.497 e. The fourth-order valence-corrected chi connectivity index (χ4v) is 12.6. The molecule has 3 aromatic carbocycles. The van der Waals surface area contributed by atoms with Crippen LogP contribution >= 0.6 is 15.9 Å². The van der Waals surface area contributed by atoms with Gasteiger partial charge >= 0.3 is 6.09 Å². The molecule has 0 aliphatic carbocycles. The quantitative estimate of drug-likeness (QED) is 0.161. The Morgan fingerprint density at radius 1 is 0.965 bits per heavy atom. The molecule has 12 nitrogen and oxygen atoms in total. The van der Waals surface area contributed by atoms with E-state index in [0.29, 0.717) is 34.2 Å². The van der Waals surface area contributed by atoms with E-state index in [1.165, 1.54) is 11.7 Å². The lowest BCUT2D eigenvalue weighted by molar-refractivity contribution is -0.0869. The van der Waals surface area contributed by atoms with Crippen LogP contribution in [-0.2, 0) is 25.2 Å². The minimum Gasteiger partial charge on any atom is -0.497 e. The van der Waals surface area contributed by atoms with Crippen molar-refractivity contribution in [2.75, 3.05) is 41.1 Å². The van der Waals surface area contributed by atoms with Crippen molar-refractivity contribution in [2.24, 2.45) is 4.99 Å². The molecule has 57 heavy (non-hydrogen) atoms. The average molecular weight is 867 g/mol. The Kier molecular flexibility index (Phi) is 12.8. The van der Waals surface area contributed by atoms with Gasteiger partial charge in [0, 0.05) is 25.3 Å². The maximum atomic E-state index is 16.5. The zero-order valence-corrected chi connectivity index (χ0v) is 36.6. The summed E-state index contributed by atoms with van der Waals surface area (Å²) >= 11 is 3.58. The number of amidine groups is 1. The minimum atomic E-state index is -2.97. The number of rotatable bonds is 11. The fourth-order valence-electron chi connectivity index (χ4n) is 7.48. The van der Waals surface area contributed by atoms with Gasteiger partial charge in [-0.2, -0.15) is 0 Å². The van der Waals surface area contributed by atoms with E-state index < -0.39 is 44.7 Å². The summed E-state index contributed by atoms with van der Waals surface area (Å²) in [5.74, 6) is 1.89. The van der Waals surface area contributed by atoms with Crippen molar-refractivity contribution in [3.05, 3.63) is 101 Å². The molecule has 1 saturated heterocycles. The van der Waals surface area contributed by atoms with Gasteiger partial charge in [0.15, 0.2) is 5.84 Å². The molecule has 1 aromatic heterocycles. The Morgan fingerprint density at radius 2 is 1.61 bits per heavy atom. The van der Waals surface area contributed by atoms with Crippen LogP contribution in [0.2, 0.25) is 5.04 Å². The highest BCUT2D eigenvalue weighted by molar-refractivity contribution is 9.10. The first-order chi connectivity index (χ1) is 27.1. The number of imidazole rings is 1. The van der Waals surface area contributed by atoms with Crippen molar-refractivity contribution < 1.29 is 37.3 Å². The fraction of sp³-hybridized carbons (Fsp3) is 0.452.